The minimum absolute atomic E-state index is 0. The van der Waals surface area contributed by atoms with E-state index in [2.05, 4.69) is 5.32 Å². The summed E-state index contributed by atoms with van der Waals surface area (Å²) in [5.74, 6) is -0.116. The lowest BCUT2D eigenvalue weighted by molar-refractivity contribution is -0.132. The van der Waals surface area contributed by atoms with Crippen molar-refractivity contribution in [1.29, 1.82) is 0 Å². The smallest absolute Gasteiger partial charge is 0.249 e. The Morgan fingerprint density at radius 2 is 2.32 bits per heavy atom. The van der Waals surface area contributed by atoms with E-state index in [0.29, 0.717) is 24.5 Å². The van der Waals surface area contributed by atoms with E-state index in [4.69, 9.17) is 26.8 Å². The Balaban J connectivity index is 0.00000242. The molecule has 0 spiro atoms. The van der Waals surface area contributed by atoms with Gasteiger partial charge in [-0.2, -0.15) is 0 Å². The second-order valence-electron chi connectivity index (χ2n) is 5.08. The zero-order valence-electron chi connectivity index (χ0n) is 12.5. The van der Waals surface area contributed by atoms with Crippen molar-refractivity contribution in [3.63, 3.8) is 0 Å². The summed E-state index contributed by atoms with van der Waals surface area (Å²) in [5.41, 5.74) is 6.47. The van der Waals surface area contributed by atoms with Gasteiger partial charge in [0, 0.05) is 25.2 Å². The maximum Gasteiger partial charge on any atom is 0.249 e. The highest BCUT2D eigenvalue weighted by atomic mass is 35.5. The number of halogens is 2. The molecule has 1 aliphatic rings. The molecule has 1 aliphatic heterocycles. The van der Waals surface area contributed by atoms with Crippen molar-refractivity contribution in [1.82, 2.24) is 5.32 Å². The fourth-order valence-electron chi connectivity index (χ4n) is 2.42. The van der Waals surface area contributed by atoms with Gasteiger partial charge in [0.2, 0.25) is 5.91 Å². The fraction of sp³-hybridized carbons (Fsp3) is 0.533. The molecule has 2 rings (SSSR count). The lowest BCUT2D eigenvalue weighted by atomic mass is 10.1. The average molecular weight is 349 g/mol. The summed E-state index contributed by atoms with van der Waals surface area (Å²) in [4.78, 5) is 12.1. The van der Waals surface area contributed by atoms with Gasteiger partial charge in [-0.05, 0) is 30.5 Å². The standard InChI is InChI=1S/C15H21ClN2O3.ClH/c1-20-14(10-3-2-4-11(16)7-10)9-18-15(19)13-6-5-12(8-17)21-13;/h2-4,7,12-14H,5-6,8-9,17H2,1H3,(H,18,19);1H/t12-,13+,14?;/m1./s1. The van der Waals surface area contributed by atoms with Crippen LogP contribution in [-0.4, -0.2) is 38.3 Å². The monoisotopic (exact) mass is 348 g/mol. The minimum atomic E-state index is -0.407. The third-order valence-electron chi connectivity index (χ3n) is 3.63. The molecule has 1 unspecified atom stereocenters. The second-order valence-corrected chi connectivity index (χ2v) is 5.52. The van der Waals surface area contributed by atoms with Crippen LogP contribution in [0.5, 0.6) is 0 Å². The lowest BCUT2D eigenvalue weighted by Gasteiger charge is -2.18. The third-order valence-corrected chi connectivity index (χ3v) is 3.86. The van der Waals surface area contributed by atoms with E-state index in [1.54, 1.807) is 13.2 Å². The van der Waals surface area contributed by atoms with Crippen LogP contribution in [0.2, 0.25) is 5.02 Å². The maximum atomic E-state index is 12.1. The molecule has 0 aliphatic carbocycles. The maximum absolute atomic E-state index is 12.1. The summed E-state index contributed by atoms with van der Waals surface area (Å²) in [6, 6.07) is 7.41. The topological polar surface area (TPSA) is 73.6 Å². The first-order valence-corrected chi connectivity index (χ1v) is 7.43. The van der Waals surface area contributed by atoms with Crippen molar-refractivity contribution in [2.24, 2.45) is 5.73 Å². The van der Waals surface area contributed by atoms with Gasteiger partial charge >= 0.3 is 0 Å². The van der Waals surface area contributed by atoms with Crippen LogP contribution in [0.3, 0.4) is 0 Å². The molecule has 1 amide bonds. The summed E-state index contributed by atoms with van der Waals surface area (Å²) in [7, 11) is 1.61. The minimum Gasteiger partial charge on any atom is -0.375 e. The summed E-state index contributed by atoms with van der Waals surface area (Å²) in [6.07, 6.45) is 0.890. The normalized spacial score (nSPS) is 22.0. The number of hydrogen-bond donors (Lipinski definition) is 2. The van der Waals surface area contributed by atoms with Crippen LogP contribution in [-0.2, 0) is 14.3 Å². The van der Waals surface area contributed by atoms with E-state index in [1.165, 1.54) is 0 Å². The van der Waals surface area contributed by atoms with Gasteiger partial charge in [0.15, 0.2) is 0 Å². The zero-order chi connectivity index (χ0) is 15.2. The number of nitrogens with one attached hydrogen (secondary N) is 1. The molecule has 0 aromatic heterocycles. The van der Waals surface area contributed by atoms with Crippen LogP contribution in [0.15, 0.2) is 24.3 Å². The predicted molar refractivity (Wildman–Crippen MR) is 88.4 cm³/mol. The first-order valence-electron chi connectivity index (χ1n) is 7.05. The van der Waals surface area contributed by atoms with Crippen LogP contribution in [0, 0.1) is 0 Å². The van der Waals surface area contributed by atoms with Crippen molar-refractivity contribution in [3.05, 3.63) is 34.9 Å². The Morgan fingerprint density at radius 1 is 1.55 bits per heavy atom. The number of methoxy groups -OCH3 is 1. The fourth-order valence-corrected chi connectivity index (χ4v) is 2.62. The second kappa shape index (κ2) is 9.33. The van der Waals surface area contributed by atoms with E-state index in [1.807, 2.05) is 18.2 Å². The van der Waals surface area contributed by atoms with Gasteiger partial charge in [-0.3, -0.25) is 4.79 Å². The molecule has 0 saturated carbocycles. The highest BCUT2D eigenvalue weighted by molar-refractivity contribution is 6.30. The predicted octanol–water partition coefficient (Wildman–Crippen LogP) is 2.07. The molecule has 1 aromatic rings. The molecule has 7 heteroatoms. The number of carbonyl (C=O) groups is 1. The highest BCUT2D eigenvalue weighted by Crippen LogP contribution is 2.21. The van der Waals surface area contributed by atoms with Crippen LogP contribution in [0.4, 0.5) is 0 Å². The van der Waals surface area contributed by atoms with E-state index in [0.717, 1.165) is 12.0 Å². The molecule has 22 heavy (non-hydrogen) atoms. The first-order chi connectivity index (χ1) is 10.1. The van der Waals surface area contributed by atoms with E-state index in [9.17, 15) is 4.79 Å². The summed E-state index contributed by atoms with van der Waals surface area (Å²) in [5, 5.41) is 3.51. The Bertz CT molecular complexity index is 488. The van der Waals surface area contributed by atoms with Crippen LogP contribution in [0.25, 0.3) is 0 Å². The molecular formula is C15H22Cl2N2O3. The van der Waals surface area contributed by atoms with Crippen molar-refractivity contribution in [2.75, 3.05) is 20.2 Å². The number of rotatable bonds is 6. The van der Waals surface area contributed by atoms with Crippen molar-refractivity contribution >= 4 is 29.9 Å². The van der Waals surface area contributed by atoms with Gasteiger partial charge in [-0.1, -0.05) is 23.7 Å². The van der Waals surface area contributed by atoms with Gasteiger partial charge in [0.05, 0.1) is 12.2 Å². The van der Waals surface area contributed by atoms with E-state index in [-0.39, 0.29) is 30.5 Å². The van der Waals surface area contributed by atoms with Crippen molar-refractivity contribution < 1.29 is 14.3 Å². The van der Waals surface area contributed by atoms with Gasteiger partial charge < -0.3 is 20.5 Å². The lowest BCUT2D eigenvalue weighted by Crippen LogP contribution is -2.38. The third kappa shape index (κ3) is 5.11. The number of hydrogen-bond acceptors (Lipinski definition) is 4. The van der Waals surface area contributed by atoms with Gasteiger partial charge in [-0.15, -0.1) is 12.4 Å². The first kappa shape index (κ1) is 19.2. The molecule has 1 aromatic carbocycles. The van der Waals surface area contributed by atoms with Gasteiger partial charge in [-0.25, -0.2) is 0 Å². The molecule has 5 nitrogen and oxygen atoms in total. The Labute approximate surface area is 141 Å². The van der Waals surface area contributed by atoms with Crippen LogP contribution in [0.1, 0.15) is 24.5 Å². The van der Waals surface area contributed by atoms with Crippen LogP contribution >= 0.6 is 24.0 Å². The van der Waals surface area contributed by atoms with Gasteiger partial charge in [0.1, 0.15) is 6.10 Å². The average Bonchev–Trinajstić information content (AvgIpc) is 2.97. The Hall–Kier alpha value is -0.850. The summed E-state index contributed by atoms with van der Waals surface area (Å²) in [6.45, 7) is 0.829. The van der Waals surface area contributed by atoms with Crippen LogP contribution < -0.4 is 11.1 Å². The quantitative estimate of drug-likeness (QED) is 0.825. The Morgan fingerprint density at radius 3 is 2.91 bits per heavy atom. The summed E-state index contributed by atoms with van der Waals surface area (Å²) >= 11 is 5.97. The molecule has 3 N–H and O–H groups in total. The molecule has 1 heterocycles. The van der Waals surface area contributed by atoms with E-state index >= 15 is 0 Å². The molecule has 3 atom stereocenters. The molecular weight excluding hydrogens is 327 g/mol. The number of benzene rings is 1. The molecule has 124 valence electrons. The molecule has 1 saturated heterocycles. The summed E-state index contributed by atoms with van der Waals surface area (Å²) < 4.78 is 11.0. The van der Waals surface area contributed by atoms with Gasteiger partial charge in [0.25, 0.3) is 0 Å². The largest absolute Gasteiger partial charge is 0.375 e. The SMILES string of the molecule is COC(CNC(=O)[C@@H]1CC[C@H](CN)O1)c1cccc(Cl)c1.Cl. The highest BCUT2D eigenvalue weighted by Gasteiger charge is 2.30. The number of carbonyl (C=O) groups excluding carboxylic acids is 1. The Kier molecular flexibility index (Phi) is 8.14. The number of nitrogens with two attached hydrogens (primary N) is 1. The number of amides is 1. The van der Waals surface area contributed by atoms with Crippen molar-refractivity contribution in [3.8, 4) is 0 Å². The molecule has 0 radical (unpaired) electrons. The number of ether oxygens (including phenoxy) is 2. The molecule has 0 bridgehead atoms. The van der Waals surface area contributed by atoms with E-state index < -0.39 is 6.10 Å². The zero-order valence-corrected chi connectivity index (χ0v) is 14.0. The van der Waals surface area contributed by atoms with Crippen molar-refractivity contribution in [2.45, 2.75) is 31.2 Å². The molecule has 1 fully saturated rings.